The summed E-state index contributed by atoms with van der Waals surface area (Å²) >= 11 is 0. The highest BCUT2D eigenvalue weighted by Gasteiger charge is 2.65. The molecule has 5 heterocycles. The fourth-order valence-corrected chi connectivity index (χ4v) is 10.8. The van der Waals surface area contributed by atoms with E-state index in [0.717, 1.165) is 72.6 Å². The van der Waals surface area contributed by atoms with Gasteiger partial charge in [0.05, 0.1) is 24.6 Å². The van der Waals surface area contributed by atoms with Gasteiger partial charge in [0.1, 0.15) is 28.7 Å². The number of hydrogen-bond acceptors (Lipinski definition) is 2. The Balaban J connectivity index is 1.12. The molecule has 3 aliphatic rings. The van der Waals surface area contributed by atoms with Crippen molar-refractivity contribution in [3.63, 3.8) is 0 Å². The molecule has 9 aromatic rings. The van der Waals surface area contributed by atoms with Crippen LogP contribution in [0.2, 0.25) is 0 Å². The quantitative estimate of drug-likeness (QED) is 0.107. The highest BCUT2D eigenvalue weighted by atomic mass is 16.5. The van der Waals surface area contributed by atoms with E-state index in [2.05, 4.69) is 165 Å². The zero-order chi connectivity index (χ0) is 55.1. The van der Waals surface area contributed by atoms with Crippen molar-refractivity contribution in [2.24, 2.45) is 5.92 Å². The summed E-state index contributed by atoms with van der Waals surface area (Å²) in [5, 5.41) is 2.20. The summed E-state index contributed by atoms with van der Waals surface area (Å²) in [6, 6.07) is 43.7. The molecular weight excluding hydrogens is 853 g/mol. The Labute approximate surface area is 425 Å². The normalized spacial score (nSPS) is 19.5. The molecule has 5 nitrogen and oxygen atoms in total. The topological polar surface area (TPSA) is 27.1 Å². The molecule has 352 valence electrons. The fraction of sp³-hybridized carbons (Fsp3) is 0.262. The third-order valence-corrected chi connectivity index (χ3v) is 14.3. The summed E-state index contributed by atoms with van der Waals surface area (Å²) < 4.78 is 74.4. The number of ether oxygens (including phenoxy) is 1. The van der Waals surface area contributed by atoms with Gasteiger partial charge in [0, 0.05) is 54.6 Å². The SMILES string of the molecule is [2H]c1c([2H])c([2H])c(-c2cccc(-c3cc(C(C)(C)C)cc(C(C)(C)C)c3)c2[N@+]23[CH-][N@+](c4cccc(Oc5ccc6c7ccccc7n(-c7cc(C(C)(C)C)ccn7)c6c5)c4)(C2)c2cccc(C([2H])([2H])C(C)C)c23)c([2H])c1[2H]. The van der Waals surface area contributed by atoms with Crippen molar-refractivity contribution >= 4 is 44.6 Å². The van der Waals surface area contributed by atoms with Crippen molar-refractivity contribution in [1.29, 1.82) is 0 Å². The molecule has 2 atom stereocenters. The van der Waals surface area contributed by atoms with Crippen LogP contribution < -0.4 is 13.7 Å². The van der Waals surface area contributed by atoms with Crippen LogP contribution in [-0.4, -0.2) is 16.2 Å². The summed E-state index contributed by atoms with van der Waals surface area (Å²) in [6.45, 7) is 26.3. The van der Waals surface area contributed by atoms with Crippen LogP contribution >= 0.6 is 0 Å². The van der Waals surface area contributed by atoms with Crippen LogP contribution in [0.1, 0.15) is 108 Å². The molecule has 2 bridgehead atoms. The zero-order valence-corrected chi connectivity index (χ0v) is 42.3. The van der Waals surface area contributed by atoms with Crippen molar-refractivity contribution in [3.8, 4) is 39.6 Å². The van der Waals surface area contributed by atoms with E-state index >= 15 is 0 Å². The van der Waals surface area contributed by atoms with Gasteiger partial charge in [-0.15, -0.1) is 0 Å². The maximum atomic E-state index is 9.83. The number of aromatic nitrogens is 2. The van der Waals surface area contributed by atoms with E-state index in [1.54, 1.807) is 0 Å². The smallest absolute Gasteiger partial charge is 0.186 e. The van der Waals surface area contributed by atoms with Crippen LogP contribution in [0.5, 0.6) is 11.5 Å². The summed E-state index contributed by atoms with van der Waals surface area (Å²) in [7, 11) is 0. The number of rotatable bonds is 9. The maximum absolute atomic E-state index is 9.83. The molecule has 0 saturated carbocycles. The molecule has 1 fully saturated rings. The molecule has 0 amide bonds. The third kappa shape index (κ3) is 7.57. The Kier molecular flexibility index (Phi) is 8.91. The molecule has 70 heavy (non-hydrogen) atoms. The summed E-state index contributed by atoms with van der Waals surface area (Å²) in [4.78, 5) is 4.89. The minimum Gasteiger partial charge on any atom is -0.457 e. The number of hydrogen-bond donors (Lipinski definition) is 0. The fourth-order valence-electron chi connectivity index (χ4n) is 10.8. The van der Waals surface area contributed by atoms with Gasteiger partial charge in [-0.3, -0.25) is 13.5 Å². The average molecular weight is 927 g/mol. The predicted octanol–water partition coefficient (Wildman–Crippen LogP) is 17.8. The minimum atomic E-state index is -1.79. The molecule has 7 aromatic carbocycles. The van der Waals surface area contributed by atoms with E-state index in [9.17, 15) is 5.48 Å². The van der Waals surface area contributed by atoms with Crippen molar-refractivity contribution in [2.75, 3.05) is 6.67 Å². The van der Waals surface area contributed by atoms with E-state index in [0.29, 0.717) is 29.3 Å². The molecule has 2 aromatic heterocycles. The standard InChI is InChI=1S/C65H67N4O/c1-43(2)34-45-22-17-29-59-61(45)69(62-53(44-20-13-12-14-21-44)26-19-27-54(62)46-35-48(64(6,7)8)37-49(36-46)65(9,10)11)41-68(59,42-69)50-23-18-24-51(39-50)70-52-30-31-56-55-25-15-16-28-57(55)67(58(56)40-52)60-38-47(32-33-66-60)63(3,4)5/h12-33,35-41,43H,34,42H2,1-11H3/q+1/t68-,69-/m1/s1/i12D,13D,14D,20D,21D,34D2. The lowest BCUT2D eigenvalue weighted by atomic mass is 9.78. The first kappa shape index (κ1) is 38.0. The Morgan fingerprint density at radius 3 is 1.96 bits per heavy atom. The molecule has 12 rings (SSSR count). The highest BCUT2D eigenvalue weighted by molar-refractivity contribution is 6.09. The first-order valence-electron chi connectivity index (χ1n) is 28.1. The number of pyridine rings is 1. The number of quaternary nitrogens is 2. The van der Waals surface area contributed by atoms with Crippen molar-refractivity contribution in [3.05, 3.63) is 199 Å². The lowest BCUT2D eigenvalue weighted by Gasteiger charge is -2.57. The second-order valence-corrected chi connectivity index (χ2v) is 22.8. The van der Waals surface area contributed by atoms with Gasteiger partial charge in [-0.25, -0.2) is 4.98 Å². The van der Waals surface area contributed by atoms with Crippen LogP contribution in [0.15, 0.2) is 170 Å². The number of fused-ring (bicyclic) bond motifs is 3. The lowest BCUT2D eigenvalue weighted by molar-refractivity contribution is 0.187. The first-order valence-corrected chi connectivity index (χ1v) is 24.6. The summed E-state index contributed by atoms with van der Waals surface area (Å²) in [5.41, 5.74) is 11.1. The van der Waals surface area contributed by atoms with E-state index in [4.69, 9.17) is 13.8 Å². The van der Waals surface area contributed by atoms with Crippen molar-refractivity contribution in [1.82, 2.24) is 18.5 Å². The van der Waals surface area contributed by atoms with Gasteiger partial charge in [-0.1, -0.05) is 167 Å². The van der Waals surface area contributed by atoms with E-state index in [1.807, 2.05) is 62.5 Å². The van der Waals surface area contributed by atoms with E-state index in [1.165, 1.54) is 5.56 Å². The second kappa shape index (κ2) is 16.4. The highest BCUT2D eigenvalue weighted by Crippen LogP contribution is 2.69. The molecule has 0 unspecified atom stereocenters. The maximum Gasteiger partial charge on any atom is 0.186 e. The molecule has 0 N–H and O–H groups in total. The number of para-hydroxylation sites is 3. The molecular formula is C65H67N4O+. The van der Waals surface area contributed by atoms with Gasteiger partial charge in [0.2, 0.25) is 0 Å². The van der Waals surface area contributed by atoms with Crippen LogP contribution in [0.3, 0.4) is 0 Å². The minimum absolute atomic E-state index is 0.0484. The van der Waals surface area contributed by atoms with Crippen molar-refractivity contribution < 1.29 is 14.3 Å². The van der Waals surface area contributed by atoms with Gasteiger partial charge in [-0.05, 0) is 111 Å². The molecule has 0 spiro atoms. The van der Waals surface area contributed by atoms with Gasteiger partial charge in [0.15, 0.2) is 18.0 Å². The van der Waals surface area contributed by atoms with E-state index < -0.39 is 30.4 Å². The van der Waals surface area contributed by atoms with Crippen molar-refractivity contribution in [2.45, 2.75) is 98.8 Å². The first-order chi connectivity index (χ1) is 36.2. The predicted molar refractivity (Wildman–Crippen MR) is 296 cm³/mol. The van der Waals surface area contributed by atoms with Crippen LogP contribution in [0.25, 0.3) is 49.9 Å². The largest absolute Gasteiger partial charge is 0.457 e. The number of nitrogens with zero attached hydrogens (tertiary/aromatic N) is 4. The van der Waals surface area contributed by atoms with Crippen LogP contribution in [0.4, 0.5) is 22.7 Å². The zero-order valence-electron chi connectivity index (χ0n) is 49.3. The average Bonchev–Trinajstić information content (AvgIpc) is 3.57. The van der Waals surface area contributed by atoms with E-state index in [-0.39, 0.29) is 42.9 Å². The summed E-state index contributed by atoms with van der Waals surface area (Å²) in [6.07, 6.45) is 0.0917. The lowest BCUT2D eigenvalue weighted by Crippen LogP contribution is -2.67. The molecule has 0 radical (unpaired) electrons. The van der Waals surface area contributed by atoms with Gasteiger partial charge >= 0.3 is 0 Å². The molecule has 5 heteroatoms. The second-order valence-electron chi connectivity index (χ2n) is 22.8. The van der Waals surface area contributed by atoms with Crippen LogP contribution in [0, 0.1) is 12.6 Å². The Hall–Kier alpha value is -6.79. The summed E-state index contributed by atoms with van der Waals surface area (Å²) in [5.74, 6) is 1.70. The molecule has 3 aliphatic heterocycles. The number of benzene rings is 7. The Morgan fingerprint density at radius 1 is 0.614 bits per heavy atom. The molecule has 0 aliphatic carbocycles. The van der Waals surface area contributed by atoms with Crippen LogP contribution in [-0.2, 0) is 22.6 Å². The molecule has 1 saturated heterocycles. The van der Waals surface area contributed by atoms with Gasteiger partial charge < -0.3 is 4.74 Å². The monoisotopic (exact) mass is 927 g/mol. The Morgan fingerprint density at radius 2 is 1.26 bits per heavy atom. The third-order valence-electron chi connectivity index (χ3n) is 14.3. The van der Waals surface area contributed by atoms with Gasteiger partial charge in [0.25, 0.3) is 0 Å². The Bertz CT molecular complexity index is 3830. The van der Waals surface area contributed by atoms with Gasteiger partial charge in [-0.2, -0.15) is 0 Å².